The minimum Gasteiger partial charge on any atom is -0.493 e. The summed E-state index contributed by atoms with van der Waals surface area (Å²) in [6.45, 7) is 4.59. The average molecular weight is 261 g/mol. The van der Waals surface area contributed by atoms with E-state index in [0.29, 0.717) is 30.9 Å². The fraction of sp³-hybridized carbons (Fsp3) is 0.538. The first-order valence-corrected chi connectivity index (χ1v) is 5.90. The van der Waals surface area contributed by atoms with Gasteiger partial charge in [-0.3, -0.25) is 0 Å². The summed E-state index contributed by atoms with van der Waals surface area (Å²) in [7, 11) is 0. The lowest BCUT2D eigenvalue weighted by Gasteiger charge is -2.16. The molecule has 0 unspecified atom stereocenters. The standard InChI is InChI=1S/C13H18F3NO/c1-9(2)11-8-10(13(14,15)16)4-5-12(11)18-7-3-6-17/h4-5,8-9H,3,6-7,17H2,1-2H3. The summed E-state index contributed by atoms with van der Waals surface area (Å²) >= 11 is 0. The van der Waals surface area contributed by atoms with E-state index in [1.165, 1.54) is 6.07 Å². The van der Waals surface area contributed by atoms with E-state index in [9.17, 15) is 13.2 Å². The van der Waals surface area contributed by atoms with Crippen LogP contribution in [-0.2, 0) is 6.18 Å². The van der Waals surface area contributed by atoms with Gasteiger partial charge in [0.1, 0.15) is 5.75 Å². The van der Waals surface area contributed by atoms with Crippen molar-refractivity contribution >= 4 is 0 Å². The average Bonchev–Trinajstić information content (AvgIpc) is 2.28. The highest BCUT2D eigenvalue weighted by atomic mass is 19.4. The van der Waals surface area contributed by atoms with Gasteiger partial charge in [-0.25, -0.2) is 0 Å². The quantitative estimate of drug-likeness (QED) is 0.822. The van der Waals surface area contributed by atoms with E-state index >= 15 is 0 Å². The van der Waals surface area contributed by atoms with E-state index < -0.39 is 11.7 Å². The van der Waals surface area contributed by atoms with Gasteiger partial charge in [-0.05, 0) is 42.6 Å². The molecule has 0 spiro atoms. The molecule has 0 bridgehead atoms. The maximum Gasteiger partial charge on any atom is 0.416 e. The number of alkyl halides is 3. The minimum absolute atomic E-state index is 0.0276. The zero-order valence-corrected chi connectivity index (χ0v) is 10.6. The molecule has 0 heterocycles. The van der Waals surface area contributed by atoms with E-state index in [1.807, 2.05) is 13.8 Å². The first-order valence-electron chi connectivity index (χ1n) is 5.90. The van der Waals surface area contributed by atoms with Crippen LogP contribution in [0, 0.1) is 0 Å². The molecule has 102 valence electrons. The summed E-state index contributed by atoms with van der Waals surface area (Å²) < 4.78 is 43.3. The van der Waals surface area contributed by atoms with Crippen molar-refractivity contribution in [3.63, 3.8) is 0 Å². The largest absolute Gasteiger partial charge is 0.493 e. The minimum atomic E-state index is -4.32. The molecule has 0 atom stereocenters. The van der Waals surface area contributed by atoms with Crippen molar-refractivity contribution in [2.24, 2.45) is 5.73 Å². The Bertz CT molecular complexity index is 388. The molecule has 0 aliphatic carbocycles. The van der Waals surface area contributed by atoms with Gasteiger partial charge in [0, 0.05) is 0 Å². The number of hydrogen-bond donors (Lipinski definition) is 1. The Labute approximate surface area is 105 Å². The molecular formula is C13H18F3NO. The number of halogens is 3. The van der Waals surface area contributed by atoms with Crippen LogP contribution in [0.15, 0.2) is 18.2 Å². The Hall–Kier alpha value is -1.23. The zero-order valence-electron chi connectivity index (χ0n) is 10.6. The lowest BCUT2D eigenvalue weighted by atomic mass is 9.99. The van der Waals surface area contributed by atoms with Crippen LogP contribution >= 0.6 is 0 Å². The van der Waals surface area contributed by atoms with Gasteiger partial charge in [0.2, 0.25) is 0 Å². The smallest absolute Gasteiger partial charge is 0.416 e. The Balaban J connectivity index is 2.98. The SMILES string of the molecule is CC(C)c1cc(C(F)(F)F)ccc1OCCCN. The van der Waals surface area contributed by atoms with Crippen molar-refractivity contribution in [1.29, 1.82) is 0 Å². The Morgan fingerprint density at radius 1 is 1.28 bits per heavy atom. The molecule has 5 heteroatoms. The van der Waals surface area contributed by atoms with Crippen LogP contribution in [0.2, 0.25) is 0 Å². The third kappa shape index (κ3) is 3.91. The second-order valence-corrected chi connectivity index (χ2v) is 4.40. The van der Waals surface area contributed by atoms with Crippen molar-refractivity contribution in [1.82, 2.24) is 0 Å². The van der Waals surface area contributed by atoms with Crippen LogP contribution in [0.3, 0.4) is 0 Å². The second kappa shape index (κ2) is 6.09. The van der Waals surface area contributed by atoms with Gasteiger partial charge < -0.3 is 10.5 Å². The second-order valence-electron chi connectivity index (χ2n) is 4.40. The molecule has 0 aromatic heterocycles. The predicted molar refractivity (Wildman–Crippen MR) is 64.7 cm³/mol. The van der Waals surface area contributed by atoms with Crippen LogP contribution < -0.4 is 10.5 Å². The van der Waals surface area contributed by atoms with Gasteiger partial charge in [0.15, 0.2) is 0 Å². The van der Waals surface area contributed by atoms with Crippen molar-refractivity contribution in [3.05, 3.63) is 29.3 Å². The molecule has 18 heavy (non-hydrogen) atoms. The number of rotatable bonds is 5. The van der Waals surface area contributed by atoms with E-state index in [2.05, 4.69) is 0 Å². The molecule has 0 saturated heterocycles. The molecule has 0 amide bonds. The molecule has 2 N–H and O–H groups in total. The summed E-state index contributed by atoms with van der Waals surface area (Å²) in [5.74, 6) is 0.478. The van der Waals surface area contributed by atoms with Crippen molar-refractivity contribution in [2.75, 3.05) is 13.2 Å². The van der Waals surface area contributed by atoms with Crippen LogP contribution in [0.1, 0.15) is 37.3 Å². The Kier molecular flexibility index (Phi) is 5.02. The third-order valence-electron chi connectivity index (χ3n) is 2.57. The topological polar surface area (TPSA) is 35.2 Å². The van der Waals surface area contributed by atoms with Crippen molar-refractivity contribution in [3.8, 4) is 5.75 Å². The molecule has 1 aromatic rings. The van der Waals surface area contributed by atoms with E-state index in [1.54, 1.807) is 0 Å². The van der Waals surface area contributed by atoms with Crippen molar-refractivity contribution < 1.29 is 17.9 Å². The van der Waals surface area contributed by atoms with Gasteiger partial charge in [-0.1, -0.05) is 13.8 Å². The molecule has 1 rings (SSSR count). The summed E-state index contributed by atoms with van der Waals surface area (Å²) in [4.78, 5) is 0. The van der Waals surface area contributed by atoms with Crippen LogP contribution in [0.5, 0.6) is 5.75 Å². The normalized spacial score (nSPS) is 11.9. The molecule has 0 aliphatic heterocycles. The highest BCUT2D eigenvalue weighted by Crippen LogP contribution is 2.35. The van der Waals surface area contributed by atoms with Gasteiger partial charge in [-0.15, -0.1) is 0 Å². The molecule has 1 aromatic carbocycles. The molecule has 0 fully saturated rings. The van der Waals surface area contributed by atoms with Gasteiger partial charge >= 0.3 is 6.18 Å². The van der Waals surface area contributed by atoms with Crippen LogP contribution in [0.4, 0.5) is 13.2 Å². The van der Waals surface area contributed by atoms with Crippen LogP contribution in [0.25, 0.3) is 0 Å². The monoisotopic (exact) mass is 261 g/mol. The Morgan fingerprint density at radius 3 is 2.44 bits per heavy atom. The first kappa shape index (κ1) is 14.8. The predicted octanol–water partition coefficient (Wildman–Crippen LogP) is 3.56. The Morgan fingerprint density at radius 2 is 1.94 bits per heavy atom. The highest BCUT2D eigenvalue weighted by Gasteiger charge is 2.31. The summed E-state index contributed by atoms with van der Waals surface area (Å²) in [5, 5.41) is 0. The molecular weight excluding hydrogens is 243 g/mol. The van der Waals surface area contributed by atoms with Gasteiger partial charge in [0.25, 0.3) is 0 Å². The summed E-state index contributed by atoms with van der Waals surface area (Å²) in [6, 6.07) is 3.58. The van der Waals surface area contributed by atoms with E-state index in [0.717, 1.165) is 12.1 Å². The third-order valence-corrected chi connectivity index (χ3v) is 2.57. The number of ether oxygens (including phenoxy) is 1. The molecule has 0 radical (unpaired) electrons. The zero-order chi connectivity index (χ0) is 13.8. The lowest BCUT2D eigenvalue weighted by Crippen LogP contribution is -2.10. The van der Waals surface area contributed by atoms with E-state index in [4.69, 9.17) is 10.5 Å². The van der Waals surface area contributed by atoms with E-state index in [-0.39, 0.29) is 5.92 Å². The lowest BCUT2D eigenvalue weighted by molar-refractivity contribution is -0.137. The number of nitrogens with two attached hydrogens (primary N) is 1. The maximum absolute atomic E-state index is 12.6. The molecule has 0 saturated carbocycles. The summed E-state index contributed by atoms with van der Waals surface area (Å²) in [5.41, 5.74) is 5.27. The first-order chi connectivity index (χ1) is 8.36. The molecule has 2 nitrogen and oxygen atoms in total. The number of benzene rings is 1. The van der Waals surface area contributed by atoms with Gasteiger partial charge in [-0.2, -0.15) is 13.2 Å². The fourth-order valence-electron chi connectivity index (χ4n) is 1.57. The molecule has 0 aliphatic rings. The van der Waals surface area contributed by atoms with Crippen LogP contribution in [-0.4, -0.2) is 13.2 Å². The highest BCUT2D eigenvalue weighted by molar-refractivity contribution is 5.40. The number of hydrogen-bond acceptors (Lipinski definition) is 2. The summed E-state index contributed by atoms with van der Waals surface area (Å²) in [6.07, 6.45) is -3.64. The maximum atomic E-state index is 12.6. The van der Waals surface area contributed by atoms with Crippen molar-refractivity contribution in [2.45, 2.75) is 32.4 Å². The fourth-order valence-corrected chi connectivity index (χ4v) is 1.57. The van der Waals surface area contributed by atoms with Gasteiger partial charge in [0.05, 0.1) is 12.2 Å².